The molecule has 9 nitrogen and oxygen atoms in total. The third kappa shape index (κ3) is 4.71. The molecule has 0 aliphatic heterocycles. The molecule has 1 amide bonds. The number of carbonyl (C=O) groups excluding carboxylic acids is 1. The summed E-state index contributed by atoms with van der Waals surface area (Å²) in [4.78, 5) is 18.5. The van der Waals surface area contributed by atoms with Gasteiger partial charge in [-0.15, -0.1) is 0 Å². The van der Waals surface area contributed by atoms with E-state index in [0.717, 1.165) is 32.1 Å². The number of carbonyl (C=O) groups is 1. The van der Waals surface area contributed by atoms with Crippen molar-refractivity contribution in [3.8, 4) is 17.5 Å². The zero-order valence-electron chi connectivity index (χ0n) is 20.3. The number of hydrogen-bond donors (Lipinski definition) is 4. The summed E-state index contributed by atoms with van der Waals surface area (Å²) in [5.74, 6) is -0.389. The molecule has 2 heterocycles. The molecular weight excluding hydrogens is 448 g/mol. The Morgan fingerprint density at radius 3 is 2.49 bits per heavy atom. The van der Waals surface area contributed by atoms with Crippen LogP contribution in [0.5, 0.6) is 17.5 Å². The molecule has 35 heavy (non-hydrogen) atoms. The Bertz CT molecular complexity index is 1220. The number of aliphatic imine (C=N–C) groups is 1. The van der Waals surface area contributed by atoms with Crippen LogP contribution in [0.25, 0.3) is 0 Å². The maximum Gasteiger partial charge on any atom is 0.257 e. The molecule has 3 aromatic rings. The summed E-state index contributed by atoms with van der Waals surface area (Å²) in [6.07, 6.45) is 6.87. The van der Waals surface area contributed by atoms with E-state index in [4.69, 9.17) is 4.42 Å². The maximum absolute atomic E-state index is 12.5. The molecule has 0 spiro atoms. The van der Waals surface area contributed by atoms with Crippen LogP contribution in [0.15, 0.2) is 46.0 Å². The summed E-state index contributed by atoms with van der Waals surface area (Å²) in [5.41, 5.74) is 1.21. The second-order valence-corrected chi connectivity index (χ2v) is 8.95. The Morgan fingerprint density at radius 1 is 1.11 bits per heavy atom. The molecule has 0 atom stereocenters. The first-order valence-electron chi connectivity index (χ1n) is 11.9. The van der Waals surface area contributed by atoms with Crippen molar-refractivity contribution in [2.45, 2.75) is 51.5 Å². The molecule has 0 saturated heterocycles. The normalized spacial score (nSPS) is 14.8. The van der Waals surface area contributed by atoms with E-state index in [1.807, 2.05) is 6.92 Å². The first-order valence-corrected chi connectivity index (χ1v) is 11.9. The minimum absolute atomic E-state index is 0.0720. The fourth-order valence-electron chi connectivity index (χ4n) is 4.54. The van der Waals surface area contributed by atoms with Crippen molar-refractivity contribution in [3.63, 3.8) is 0 Å². The lowest BCUT2D eigenvalue weighted by atomic mass is 9.95. The molecule has 1 fully saturated rings. The molecular formula is C26H32N4O5. The first-order chi connectivity index (χ1) is 16.8. The summed E-state index contributed by atoms with van der Waals surface area (Å²) in [7, 11) is 3.20. The third-order valence-electron chi connectivity index (χ3n) is 6.39. The van der Waals surface area contributed by atoms with Gasteiger partial charge in [0.25, 0.3) is 5.91 Å². The van der Waals surface area contributed by atoms with Gasteiger partial charge in [0.1, 0.15) is 11.4 Å². The van der Waals surface area contributed by atoms with Crippen LogP contribution in [0.4, 0.5) is 17.1 Å². The Hall–Kier alpha value is -3.88. The molecule has 0 radical (unpaired) electrons. The van der Waals surface area contributed by atoms with E-state index in [0.29, 0.717) is 17.9 Å². The summed E-state index contributed by atoms with van der Waals surface area (Å²) < 4.78 is 7.02. The minimum Gasteiger partial charge on any atom is -0.505 e. The molecule has 2 aromatic heterocycles. The number of benzene rings is 1. The molecule has 0 bridgehead atoms. The fraction of sp³-hybridized carbons (Fsp3) is 0.385. The van der Waals surface area contributed by atoms with E-state index in [1.165, 1.54) is 15.5 Å². The van der Waals surface area contributed by atoms with Crippen molar-refractivity contribution in [3.05, 3.63) is 47.9 Å². The van der Waals surface area contributed by atoms with Gasteiger partial charge in [0.15, 0.2) is 11.4 Å². The summed E-state index contributed by atoms with van der Waals surface area (Å²) >= 11 is 0. The molecule has 1 saturated carbocycles. The maximum atomic E-state index is 12.5. The quantitative estimate of drug-likeness (QED) is 0.255. The standard InChI is InChI=1S/C26H32N4O5/c1-4-18(20-14-9-15-35-20)27-21-22(26(34)30(25(21)33)16-10-6-5-7-11-16)28-19-13-8-12-17(23(19)31)24(32)29(2)3/h8-9,12-16,28,31,33-34H,4-7,10-11H2,1-3H3. The fourth-order valence-corrected chi connectivity index (χ4v) is 4.54. The summed E-state index contributed by atoms with van der Waals surface area (Å²) in [6, 6.07) is 8.23. The predicted octanol–water partition coefficient (Wildman–Crippen LogP) is 5.68. The Balaban J connectivity index is 1.85. The second kappa shape index (κ2) is 10.2. The highest BCUT2D eigenvalue weighted by molar-refractivity contribution is 6.02. The van der Waals surface area contributed by atoms with E-state index in [-0.39, 0.29) is 52.1 Å². The van der Waals surface area contributed by atoms with Crippen molar-refractivity contribution >= 4 is 28.7 Å². The lowest BCUT2D eigenvalue weighted by molar-refractivity contribution is 0.0824. The smallest absolute Gasteiger partial charge is 0.257 e. The van der Waals surface area contributed by atoms with E-state index in [9.17, 15) is 20.1 Å². The van der Waals surface area contributed by atoms with Crippen LogP contribution in [-0.4, -0.2) is 50.5 Å². The number of furan rings is 1. The van der Waals surface area contributed by atoms with Crippen LogP contribution >= 0.6 is 0 Å². The highest BCUT2D eigenvalue weighted by Crippen LogP contribution is 2.51. The third-order valence-corrected chi connectivity index (χ3v) is 6.39. The van der Waals surface area contributed by atoms with Crippen LogP contribution in [0.3, 0.4) is 0 Å². The van der Waals surface area contributed by atoms with Gasteiger partial charge >= 0.3 is 0 Å². The zero-order chi connectivity index (χ0) is 25.1. The summed E-state index contributed by atoms with van der Waals surface area (Å²) in [5, 5.41) is 36.4. The van der Waals surface area contributed by atoms with E-state index >= 15 is 0 Å². The molecule has 186 valence electrons. The van der Waals surface area contributed by atoms with Gasteiger partial charge in [0.2, 0.25) is 11.8 Å². The number of aromatic hydroxyl groups is 3. The Labute approximate surface area is 204 Å². The number of phenolic OH excluding ortho intramolecular Hbond substituents is 1. The van der Waals surface area contributed by atoms with Gasteiger partial charge in [0, 0.05) is 20.1 Å². The minimum atomic E-state index is -0.359. The molecule has 1 aliphatic rings. The Morgan fingerprint density at radius 2 is 1.86 bits per heavy atom. The molecule has 4 rings (SSSR count). The van der Waals surface area contributed by atoms with Crippen molar-refractivity contribution in [1.29, 1.82) is 0 Å². The van der Waals surface area contributed by atoms with Crippen LogP contribution in [-0.2, 0) is 0 Å². The molecule has 1 aliphatic carbocycles. The van der Waals surface area contributed by atoms with E-state index in [2.05, 4.69) is 10.3 Å². The monoisotopic (exact) mass is 480 g/mol. The van der Waals surface area contributed by atoms with Gasteiger partial charge in [0.05, 0.1) is 23.2 Å². The zero-order valence-corrected chi connectivity index (χ0v) is 20.3. The second-order valence-electron chi connectivity index (χ2n) is 8.95. The highest BCUT2D eigenvalue weighted by atomic mass is 16.3. The number of nitrogens with zero attached hydrogens (tertiary/aromatic N) is 3. The SMILES string of the molecule is CCC(=Nc1c(Nc2cccc(C(=O)N(C)C)c2O)c(O)n(C2CCCCC2)c1O)c1ccco1. The van der Waals surface area contributed by atoms with Crippen molar-refractivity contribution in [1.82, 2.24) is 9.47 Å². The topological polar surface area (TPSA) is 123 Å². The Kier molecular flexibility index (Phi) is 7.04. The lowest BCUT2D eigenvalue weighted by Gasteiger charge is -2.24. The first kappa shape index (κ1) is 24.3. The van der Waals surface area contributed by atoms with Crippen LogP contribution in [0, 0.1) is 0 Å². The van der Waals surface area contributed by atoms with Gasteiger partial charge in [-0.05, 0) is 43.5 Å². The van der Waals surface area contributed by atoms with Gasteiger partial charge in [-0.3, -0.25) is 9.36 Å². The molecule has 0 unspecified atom stereocenters. The van der Waals surface area contributed by atoms with E-state index < -0.39 is 0 Å². The van der Waals surface area contributed by atoms with Crippen molar-refractivity contribution in [2.75, 3.05) is 19.4 Å². The number of para-hydroxylation sites is 1. The predicted molar refractivity (Wildman–Crippen MR) is 134 cm³/mol. The number of aromatic nitrogens is 1. The van der Waals surface area contributed by atoms with Gasteiger partial charge in [-0.1, -0.05) is 32.3 Å². The number of amides is 1. The molecule has 9 heteroatoms. The number of rotatable bonds is 7. The number of hydrogen-bond acceptors (Lipinski definition) is 7. The average Bonchev–Trinajstić information content (AvgIpc) is 3.46. The lowest BCUT2D eigenvalue weighted by Crippen LogP contribution is -2.21. The summed E-state index contributed by atoms with van der Waals surface area (Å²) in [6.45, 7) is 1.92. The van der Waals surface area contributed by atoms with Crippen molar-refractivity contribution < 1.29 is 24.5 Å². The average molecular weight is 481 g/mol. The molecule has 1 aromatic carbocycles. The van der Waals surface area contributed by atoms with Crippen LogP contribution in [0.1, 0.15) is 67.6 Å². The van der Waals surface area contributed by atoms with Gasteiger partial charge < -0.3 is 30.0 Å². The number of anilines is 2. The van der Waals surface area contributed by atoms with Crippen LogP contribution in [0.2, 0.25) is 0 Å². The van der Waals surface area contributed by atoms with E-state index in [1.54, 1.807) is 44.6 Å². The number of nitrogens with one attached hydrogen (secondary N) is 1. The number of phenols is 1. The largest absolute Gasteiger partial charge is 0.505 e. The van der Waals surface area contributed by atoms with Gasteiger partial charge in [-0.25, -0.2) is 4.99 Å². The van der Waals surface area contributed by atoms with Crippen LogP contribution < -0.4 is 5.32 Å². The highest BCUT2D eigenvalue weighted by Gasteiger charge is 2.30. The molecule has 4 N–H and O–H groups in total. The van der Waals surface area contributed by atoms with Crippen molar-refractivity contribution in [2.24, 2.45) is 4.99 Å². The van der Waals surface area contributed by atoms with Gasteiger partial charge in [-0.2, -0.15) is 0 Å².